The smallest absolute Gasteiger partial charge is 0.230 e. The number of piperidine rings is 1. The van der Waals surface area contributed by atoms with Gasteiger partial charge in [-0.25, -0.2) is 0 Å². The van der Waals surface area contributed by atoms with Gasteiger partial charge < -0.3 is 14.9 Å². The lowest BCUT2D eigenvalue weighted by Gasteiger charge is -2.41. The second-order valence-electron chi connectivity index (χ2n) is 8.95. The molecule has 1 aromatic carbocycles. The monoisotopic (exact) mass is 384 g/mol. The molecule has 2 bridgehead atoms. The Kier molecular flexibility index (Phi) is 5.21. The zero-order valence-electron chi connectivity index (χ0n) is 17.1. The Labute approximate surface area is 167 Å². The molecule has 3 aliphatic heterocycles. The first-order chi connectivity index (χ1) is 13.4. The second kappa shape index (κ2) is 7.51. The van der Waals surface area contributed by atoms with Gasteiger partial charge in [0.2, 0.25) is 11.8 Å². The second-order valence-corrected chi connectivity index (χ2v) is 8.95. The molecule has 3 fully saturated rings. The molecule has 5 nitrogen and oxygen atoms in total. The van der Waals surface area contributed by atoms with Crippen LogP contribution in [0.5, 0.6) is 0 Å². The summed E-state index contributed by atoms with van der Waals surface area (Å²) in [4.78, 5) is 30.7. The molecule has 152 valence electrons. The number of carbonyl (C=O) groups excluding carboxylic acids is 2. The molecule has 0 spiro atoms. The van der Waals surface area contributed by atoms with Crippen LogP contribution < -0.4 is 0 Å². The Morgan fingerprint density at radius 1 is 1.18 bits per heavy atom. The Balaban J connectivity index is 1.52. The lowest BCUT2D eigenvalue weighted by molar-refractivity contribution is -0.147. The minimum atomic E-state index is -0.437. The molecular weight excluding hydrogens is 352 g/mol. The van der Waals surface area contributed by atoms with Crippen molar-refractivity contribution in [2.75, 3.05) is 13.1 Å². The molecule has 3 atom stereocenters. The quantitative estimate of drug-likeness (QED) is 0.868. The highest BCUT2D eigenvalue weighted by Crippen LogP contribution is 2.53. The summed E-state index contributed by atoms with van der Waals surface area (Å²) in [6.07, 6.45) is 4.97. The molecule has 2 amide bonds. The fourth-order valence-corrected chi connectivity index (χ4v) is 5.79. The van der Waals surface area contributed by atoms with E-state index in [0.29, 0.717) is 32.4 Å². The topological polar surface area (TPSA) is 60.9 Å². The summed E-state index contributed by atoms with van der Waals surface area (Å²) in [5, 5.41) is 9.78. The van der Waals surface area contributed by atoms with Crippen LogP contribution in [-0.2, 0) is 16.0 Å². The van der Waals surface area contributed by atoms with Gasteiger partial charge >= 0.3 is 0 Å². The molecule has 1 aromatic rings. The summed E-state index contributed by atoms with van der Waals surface area (Å²) < 4.78 is 0. The Morgan fingerprint density at radius 2 is 1.93 bits per heavy atom. The van der Waals surface area contributed by atoms with Crippen molar-refractivity contribution in [2.45, 2.75) is 77.0 Å². The van der Waals surface area contributed by atoms with E-state index in [1.54, 1.807) is 0 Å². The lowest BCUT2D eigenvalue weighted by Crippen LogP contribution is -2.53. The molecule has 0 radical (unpaired) electrons. The van der Waals surface area contributed by atoms with E-state index < -0.39 is 5.41 Å². The molecule has 4 rings (SSSR count). The SMILES string of the molecule is CC[C@]1(C(=O)N2CCC(O)CC2)C[C@H]2CC[C@@H]1N2C(=O)Cc1cccc(C)c1. The number of likely N-dealkylation sites (tertiary alicyclic amines) is 1. The van der Waals surface area contributed by atoms with E-state index in [1.165, 1.54) is 5.56 Å². The number of benzene rings is 1. The van der Waals surface area contributed by atoms with Crippen LogP contribution in [-0.4, -0.2) is 58.0 Å². The van der Waals surface area contributed by atoms with Gasteiger partial charge in [0, 0.05) is 25.2 Å². The van der Waals surface area contributed by atoms with Crippen molar-refractivity contribution >= 4 is 11.8 Å². The number of amides is 2. The predicted molar refractivity (Wildman–Crippen MR) is 108 cm³/mol. The van der Waals surface area contributed by atoms with Gasteiger partial charge in [-0.1, -0.05) is 36.8 Å². The van der Waals surface area contributed by atoms with Gasteiger partial charge in [0.05, 0.1) is 17.9 Å². The number of carbonyl (C=O) groups is 2. The number of aliphatic hydroxyl groups excluding tert-OH is 1. The van der Waals surface area contributed by atoms with Crippen LogP contribution in [0.3, 0.4) is 0 Å². The van der Waals surface area contributed by atoms with Crippen LogP contribution in [0, 0.1) is 12.3 Å². The Bertz CT molecular complexity index is 756. The maximum absolute atomic E-state index is 13.5. The van der Waals surface area contributed by atoms with Gasteiger partial charge in [-0.3, -0.25) is 9.59 Å². The van der Waals surface area contributed by atoms with E-state index in [2.05, 4.69) is 17.9 Å². The van der Waals surface area contributed by atoms with Crippen LogP contribution in [0.25, 0.3) is 0 Å². The Hall–Kier alpha value is -1.88. The minimum absolute atomic E-state index is 0.0270. The molecule has 28 heavy (non-hydrogen) atoms. The minimum Gasteiger partial charge on any atom is -0.393 e. The lowest BCUT2D eigenvalue weighted by atomic mass is 9.70. The van der Waals surface area contributed by atoms with Gasteiger partial charge in [-0.2, -0.15) is 0 Å². The fraction of sp³-hybridized carbons (Fsp3) is 0.652. The number of fused-ring (bicyclic) bond motifs is 2. The van der Waals surface area contributed by atoms with Gasteiger partial charge in [0.25, 0.3) is 0 Å². The normalized spacial score (nSPS) is 30.1. The van der Waals surface area contributed by atoms with Crippen molar-refractivity contribution < 1.29 is 14.7 Å². The van der Waals surface area contributed by atoms with Crippen molar-refractivity contribution in [3.05, 3.63) is 35.4 Å². The van der Waals surface area contributed by atoms with E-state index in [9.17, 15) is 14.7 Å². The molecule has 0 aromatic heterocycles. The number of rotatable bonds is 4. The Morgan fingerprint density at radius 3 is 2.61 bits per heavy atom. The third kappa shape index (κ3) is 3.24. The summed E-state index contributed by atoms with van der Waals surface area (Å²) in [5.41, 5.74) is 1.78. The van der Waals surface area contributed by atoms with Gasteiger partial charge in [-0.15, -0.1) is 0 Å². The van der Waals surface area contributed by atoms with Crippen LogP contribution in [0.2, 0.25) is 0 Å². The molecule has 0 unspecified atom stereocenters. The van der Waals surface area contributed by atoms with Crippen LogP contribution in [0.4, 0.5) is 0 Å². The summed E-state index contributed by atoms with van der Waals surface area (Å²) in [7, 11) is 0. The number of hydrogen-bond donors (Lipinski definition) is 1. The van der Waals surface area contributed by atoms with Crippen LogP contribution in [0.15, 0.2) is 24.3 Å². The van der Waals surface area contributed by atoms with E-state index in [-0.39, 0.29) is 30.0 Å². The largest absolute Gasteiger partial charge is 0.393 e. The first-order valence-electron chi connectivity index (χ1n) is 10.8. The highest BCUT2D eigenvalue weighted by molar-refractivity contribution is 5.87. The molecule has 0 aliphatic carbocycles. The summed E-state index contributed by atoms with van der Waals surface area (Å²) >= 11 is 0. The van der Waals surface area contributed by atoms with Crippen molar-refractivity contribution in [2.24, 2.45) is 5.41 Å². The first-order valence-corrected chi connectivity index (χ1v) is 10.8. The number of nitrogens with zero attached hydrogens (tertiary/aromatic N) is 2. The van der Waals surface area contributed by atoms with Gasteiger partial charge in [0.15, 0.2) is 0 Å². The predicted octanol–water partition coefficient (Wildman–Crippen LogP) is 2.68. The van der Waals surface area contributed by atoms with Crippen molar-refractivity contribution in [1.29, 1.82) is 0 Å². The third-order valence-corrected chi connectivity index (χ3v) is 7.27. The highest BCUT2D eigenvalue weighted by Gasteiger charge is 2.60. The molecular formula is C23H32N2O3. The summed E-state index contributed by atoms with van der Waals surface area (Å²) in [6.45, 7) is 5.41. The highest BCUT2D eigenvalue weighted by atomic mass is 16.3. The molecule has 3 aliphatic rings. The van der Waals surface area contributed by atoms with E-state index in [1.807, 2.05) is 30.0 Å². The number of hydrogen-bond acceptors (Lipinski definition) is 3. The zero-order valence-corrected chi connectivity index (χ0v) is 17.1. The standard InChI is InChI=1S/C23H32N2O3/c1-3-23(22(28)24-11-9-19(26)10-12-24)15-18-7-8-20(23)25(18)21(27)14-17-6-4-5-16(2)13-17/h4-6,13,18-20,26H,3,7-12,14-15H2,1-2H3/t18-,20+,23+/m1/s1. The molecule has 1 N–H and O–H groups in total. The average Bonchev–Trinajstić information content (AvgIpc) is 3.24. The van der Waals surface area contributed by atoms with Crippen LogP contribution >= 0.6 is 0 Å². The zero-order chi connectivity index (χ0) is 19.9. The number of aryl methyl sites for hydroxylation is 1. The third-order valence-electron chi connectivity index (χ3n) is 7.27. The maximum atomic E-state index is 13.5. The number of aliphatic hydroxyl groups is 1. The molecule has 5 heteroatoms. The molecule has 3 heterocycles. The average molecular weight is 385 g/mol. The van der Waals surface area contributed by atoms with E-state index in [0.717, 1.165) is 31.2 Å². The van der Waals surface area contributed by atoms with Crippen molar-refractivity contribution in [3.63, 3.8) is 0 Å². The van der Waals surface area contributed by atoms with E-state index in [4.69, 9.17) is 0 Å². The van der Waals surface area contributed by atoms with E-state index >= 15 is 0 Å². The summed E-state index contributed by atoms with van der Waals surface area (Å²) in [6, 6.07) is 8.36. The summed E-state index contributed by atoms with van der Waals surface area (Å²) in [5.74, 6) is 0.373. The fourth-order valence-electron chi connectivity index (χ4n) is 5.79. The van der Waals surface area contributed by atoms with Gasteiger partial charge in [-0.05, 0) is 51.0 Å². The van der Waals surface area contributed by atoms with Crippen molar-refractivity contribution in [1.82, 2.24) is 9.80 Å². The first kappa shape index (κ1) is 19.4. The molecule has 3 saturated heterocycles. The van der Waals surface area contributed by atoms with Crippen molar-refractivity contribution in [3.8, 4) is 0 Å². The van der Waals surface area contributed by atoms with Crippen LogP contribution in [0.1, 0.15) is 56.6 Å². The maximum Gasteiger partial charge on any atom is 0.230 e. The molecule has 0 saturated carbocycles. The van der Waals surface area contributed by atoms with Gasteiger partial charge in [0.1, 0.15) is 0 Å².